The van der Waals surface area contributed by atoms with Crippen LogP contribution in [0.3, 0.4) is 0 Å². The molecule has 3 fully saturated rings. The summed E-state index contributed by atoms with van der Waals surface area (Å²) < 4.78 is 52.0. The van der Waals surface area contributed by atoms with Crippen molar-refractivity contribution in [1.82, 2.24) is 0 Å². The summed E-state index contributed by atoms with van der Waals surface area (Å²) in [5.41, 5.74) is 0.393. The minimum Gasteiger partial charge on any atom is -0.399 e. The van der Waals surface area contributed by atoms with E-state index >= 15 is 0 Å². The number of fused-ring (bicyclic) bond motifs is 8. The summed E-state index contributed by atoms with van der Waals surface area (Å²) in [5.74, 6) is -1.58. The Bertz CT molecular complexity index is 1820. The Balaban J connectivity index is 1.36. The zero-order valence-electron chi connectivity index (χ0n) is 24.9. The highest BCUT2D eigenvalue weighted by Gasteiger charge is 2.67. The van der Waals surface area contributed by atoms with Crippen molar-refractivity contribution in [2.75, 3.05) is 6.61 Å². The Hall–Kier alpha value is -2.94. The summed E-state index contributed by atoms with van der Waals surface area (Å²) >= 11 is 0. The monoisotopic (exact) mass is 602 g/mol. The molecule has 0 bridgehead atoms. The first kappa shape index (κ1) is 27.6. The van der Waals surface area contributed by atoms with Gasteiger partial charge in [0, 0.05) is 10.8 Å². The van der Waals surface area contributed by atoms with Crippen LogP contribution in [0.15, 0.2) is 81.2 Å². The van der Waals surface area contributed by atoms with Crippen molar-refractivity contribution < 1.29 is 36.6 Å². The molecule has 1 aromatic heterocycles. The van der Waals surface area contributed by atoms with Gasteiger partial charge in [-0.3, -0.25) is 4.52 Å². The first-order chi connectivity index (χ1) is 20.7. The zero-order chi connectivity index (χ0) is 29.6. The third-order valence-corrected chi connectivity index (χ3v) is 10.0. The number of benzene rings is 4. The van der Waals surface area contributed by atoms with Gasteiger partial charge in [-0.25, -0.2) is 0 Å². The first-order valence-corrected chi connectivity index (χ1v) is 16.0. The average Bonchev–Trinajstić information content (AvgIpc) is 3.55. The molecule has 3 aliphatic rings. The molecule has 4 heterocycles. The molecule has 0 amide bonds. The lowest BCUT2D eigenvalue weighted by atomic mass is 9.87. The van der Waals surface area contributed by atoms with Crippen molar-refractivity contribution in [3.05, 3.63) is 72.8 Å². The van der Waals surface area contributed by atoms with Crippen molar-refractivity contribution >= 4 is 51.7 Å². The number of hydrogen-bond acceptors (Lipinski definition) is 8. The molecule has 0 spiro atoms. The molecule has 8 rings (SSSR count). The Morgan fingerprint density at radius 2 is 1.33 bits per heavy atom. The maximum Gasteiger partial charge on any atom is 0.388 e. The van der Waals surface area contributed by atoms with Gasteiger partial charge in [-0.15, -0.1) is 0 Å². The smallest absolute Gasteiger partial charge is 0.388 e. The van der Waals surface area contributed by atoms with Crippen LogP contribution in [0.4, 0.5) is 0 Å². The van der Waals surface area contributed by atoms with Gasteiger partial charge in [0.05, 0.1) is 6.61 Å². The molecular formula is C34H35O8P. The third-order valence-electron chi connectivity index (χ3n) is 8.84. The van der Waals surface area contributed by atoms with Gasteiger partial charge in [-0.2, -0.15) is 0 Å². The highest BCUT2D eigenvalue weighted by Crippen LogP contribution is 2.52. The summed E-state index contributed by atoms with van der Waals surface area (Å²) in [5, 5.41) is 6.37. The van der Waals surface area contributed by atoms with Gasteiger partial charge in [-0.05, 0) is 67.8 Å². The number of rotatable bonds is 4. The summed E-state index contributed by atoms with van der Waals surface area (Å²) in [6, 6.07) is 24.8. The summed E-state index contributed by atoms with van der Waals surface area (Å²) in [7, 11) is -1.98. The molecule has 0 saturated carbocycles. The Kier molecular flexibility index (Phi) is 6.28. The SMILES string of the molecule is CC[C@@]1(Op2oc3ccc4ccccc4c3c3c(ccc4ccccc43)o2)[C@@H]([C@H]2COC(C)(C)O2)O[C@@H]2OC(C)(C)O[C@@H]21. The second kappa shape index (κ2) is 9.78. The Labute approximate surface area is 250 Å². The van der Waals surface area contributed by atoms with Crippen LogP contribution in [-0.4, -0.2) is 48.4 Å². The van der Waals surface area contributed by atoms with Crippen LogP contribution < -0.4 is 4.52 Å². The maximum absolute atomic E-state index is 7.06. The normalized spacial score (nSPS) is 29.6. The van der Waals surface area contributed by atoms with Gasteiger partial charge in [0.15, 0.2) is 17.9 Å². The van der Waals surface area contributed by atoms with E-state index in [9.17, 15) is 0 Å². The van der Waals surface area contributed by atoms with Crippen molar-refractivity contribution in [3.63, 3.8) is 0 Å². The fraction of sp³-hybridized carbons (Fsp3) is 0.412. The van der Waals surface area contributed by atoms with Gasteiger partial charge in [0.2, 0.25) is 0 Å². The summed E-state index contributed by atoms with van der Waals surface area (Å²) in [4.78, 5) is 0. The van der Waals surface area contributed by atoms with E-state index < -0.39 is 50.0 Å². The molecular weight excluding hydrogens is 567 g/mol. The average molecular weight is 603 g/mol. The topological polar surface area (TPSA) is 81.7 Å². The van der Waals surface area contributed by atoms with E-state index in [2.05, 4.69) is 55.5 Å². The predicted molar refractivity (Wildman–Crippen MR) is 165 cm³/mol. The second-order valence-corrected chi connectivity index (χ2v) is 13.5. The van der Waals surface area contributed by atoms with Crippen LogP contribution in [0.5, 0.6) is 0 Å². The van der Waals surface area contributed by atoms with Crippen molar-refractivity contribution in [1.29, 1.82) is 0 Å². The van der Waals surface area contributed by atoms with Gasteiger partial charge in [0.1, 0.15) is 35.1 Å². The quantitative estimate of drug-likeness (QED) is 0.204. The third kappa shape index (κ3) is 4.43. The largest absolute Gasteiger partial charge is 0.399 e. The molecule has 3 aliphatic heterocycles. The molecule has 4 aromatic carbocycles. The second-order valence-electron chi connectivity index (χ2n) is 12.5. The standard InChI is InChI=1S/C34H35O8P/c1-6-34(29(26-19-35-32(2,3)37-26)36-31-30(34)38-33(4,5)39-31)42-43-40-24-17-15-20-11-7-9-13-22(20)27(24)28-23-14-10-8-12-21(23)16-18-25(28)41-43/h7-18,26,29-31H,6,19H2,1-5H3/t26-,29-,30+,31-,34-/m1/s1. The van der Waals surface area contributed by atoms with E-state index in [0.717, 1.165) is 32.3 Å². The van der Waals surface area contributed by atoms with Crippen LogP contribution in [-0.2, 0) is 23.7 Å². The highest BCUT2D eigenvalue weighted by atomic mass is 31.1. The summed E-state index contributed by atoms with van der Waals surface area (Å²) in [6.45, 7) is 9.98. The molecule has 0 radical (unpaired) electrons. The molecule has 5 aromatic rings. The Morgan fingerprint density at radius 1 is 0.721 bits per heavy atom. The number of hydrogen-bond donors (Lipinski definition) is 0. The lowest BCUT2D eigenvalue weighted by molar-refractivity contribution is -0.241. The first-order valence-electron chi connectivity index (χ1n) is 14.9. The molecule has 43 heavy (non-hydrogen) atoms. The van der Waals surface area contributed by atoms with Crippen molar-refractivity contribution in [3.8, 4) is 0 Å². The van der Waals surface area contributed by atoms with Crippen LogP contribution >= 0.6 is 8.24 Å². The van der Waals surface area contributed by atoms with Gasteiger partial charge in [-0.1, -0.05) is 67.6 Å². The minimum absolute atomic E-state index is 0.356. The van der Waals surface area contributed by atoms with Gasteiger partial charge >= 0.3 is 8.24 Å². The van der Waals surface area contributed by atoms with Crippen LogP contribution in [0, 0.1) is 0 Å². The minimum atomic E-state index is -1.98. The molecule has 9 heteroatoms. The van der Waals surface area contributed by atoms with E-state index in [1.165, 1.54) is 0 Å². The van der Waals surface area contributed by atoms with Gasteiger partial charge < -0.3 is 32.1 Å². The molecule has 5 atom stereocenters. The predicted octanol–water partition coefficient (Wildman–Crippen LogP) is 8.20. The zero-order valence-corrected chi connectivity index (χ0v) is 25.8. The van der Waals surface area contributed by atoms with Crippen LogP contribution in [0.2, 0.25) is 0 Å². The maximum atomic E-state index is 7.06. The highest BCUT2D eigenvalue weighted by molar-refractivity contribution is 7.31. The van der Waals surface area contributed by atoms with Gasteiger partial charge in [0.25, 0.3) is 0 Å². The van der Waals surface area contributed by atoms with Crippen LogP contribution in [0.25, 0.3) is 43.5 Å². The number of ether oxygens (including phenoxy) is 5. The molecule has 0 N–H and O–H groups in total. The van der Waals surface area contributed by atoms with E-state index in [1.807, 2.05) is 52.0 Å². The van der Waals surface area contributed by atoms with E-state index in [1.54, 1.807) is 0 Å². The van der Waals surface area contributed by atoms with E-state index in [4.69, 9.17) is 36.6 Å². The molecule has 0 unspecified atom stereocenters. The molecule has 224 valence electrons. The fourth-order valence-electron chi connectivity index (χ4n) is 6.95. The van der Waals surface area contributed by atoms with E-state index in [-0.39, 0.29) is 0 Å². The lowest BCUT2D eigenvalue weighted by Crippen LogP contribution is -2.57. The van der Waals surface area contributed by atoms with Crippen molar-refractivity contribution in [2.24, 2.45) is 0 Å². The molecule has 8 nitrogen and oxygen atoms in total. The lowest BCUT2D eigenvalue weighted by Gasteiger charge is -2.37. The van der Waals surface area contributed by atoms with Crippen LogP contribution in [0.1, 0.15) is 41.0 Å². The fourth-order valence-corrected chi connectivity index (χ4v) is 8.30. The molecule has 3 saturated heterocycles. The van der Waals surface area contributed by atoms with E-state index in [0.29, 0.717) is 24.2 Å². The Morgan fingerprint density at radius 3 is 1.88 bits per heavy atom. The molecule has 0 aliphatic carbocycles. The van der Waals surface area contributed by atoms with Crippen molar-refractivity contribution in [2.45, 2.75) is 82.8 Å². The summed E-state index contributed by atoms with van der Waals surface area (Å²) in [6.07, 6.45) is -1.57.